The summed E-state index contributed by atoms with van der Waals surface area (Å²) in [6.45, 7) is 0.296. The number of hydrogen-bond acceptors (Lipinski definition) is 6. The number of H-pyrrole nitrogens is 1. The van der Waals surface area contributed by atoms with Gasteiger partial charge in [-0.15, -0.1) is 11.3 Å². The molecule has 118 valence electrons. The first kappa shape index (κ1) is 15.0. The van der Waals surface area contributed by atoms with Crippen LogP contribution in [-0.4, -0.2) is 23.0 Å². The quantitative estimate of drug-likeness (QED) is 0.671. The predicted octanol–water partition coefficient (Wildman–Crippen LogP) is 1.51. The van der Waals surface area contributed by atoms with Crippen LogP contribution in [0.4, 0.5) is 5.69 Å². The summed E-state index contributed by atoms with van der Waals surface area (Å²) >= 11 is 1.23. The number of nitrogen functional groups attached to an aromatic ring is 1. The van der Waals surface area contributed by atoms with Gasteiger partial charge >= 0.3 is 0 Å². The van der Waals surface area contributed by atoms with Gasteiger partial charge in [-0.1, -0.05) is 12.1 Å². The summed E-state index contributed by atoms with van der Waals surface area (Å²) in [5.74, 6) is 0.213. The minimum atomic E-state index is -0.459. The first-order valence-electron chi connectivity index (χ1n) is 6.76. The van der Waals surface area contributed by atoms with Crippen molar-refractivity contribution in [3.63, 3.8) is 0 Å². The number of anilines is 1. The van der Waals surface area contributed by atoms with Crippen molar-refractivity contribution >= 4 is 33.1 Å². The highest BCUT2D eigenvalue weighted by atomic mass is 32.1. The van der Waals surface area contributed by atoms with E-state index in [0.717, 1.165) is 5.56 Å². The Balaban J connectivity index is 1.79. The number of benzene rings is 1. The summed E-state index contributed by atoms with van der Waals surface area (Å²) in [6, 6.07) is 7.34. The van der Waals surface area contributed by atoms with Gasteiger partial charge in [0.2, 0.25) is 5.82 Å². The topological polar surface area (TPSA) is 110 Å². The highest BCUT2D eigenvalue weighted by Crippen LogP contribution is 2.22. The van der Waals surface area contributed by atoms with E-state index < -0.39 is 11.5 Å². The monoisotopic (exact) mass is 330 g/mol. The zero-order valence-electron chi connectivity index (χ0n) is 12.3. The minimum absolute atomic E-state index is 0.0350. The van der Waals surface area contributed by atoms with Crippen molar-refractivity contribution in [2.75, 3.05) is 12.8 Å². The molecule has 0 radical (unpaired) electrons. The zero-order valence-corrected chi connectivity index (χ0v) is 13.1. The first-order valence-corrected chi connectivity index (χ1v) is 7.64. The van der Waals surface area contributed by atoms with Crippen molar-refractivity contribution in [2.24, 2.45) is 0 Å². The summed E-state index contributed by atoms with van der Waals surface area (Å²) < 4.78 is 5.13. The summed E-state index contributed by atoms with van der Waals surface area (Å²) in [4.78, 5) is 31.2. The Labute approximate surface area is 135 Å². The van der Waals surface area contributed by atoms with Gasteiger partial charge in [-0.2, -0.15) is 0 Å². The fourth-order valence-electron chi connectivity index (χ4n) is 2.13. The lowest BCUT2D eigenvalue weighted by atomic mass is 10.2. The number of methoxy groups -OCH3 is 1. The summed E-state index contributed by atoms with van der Waals surface area (Å²) in [7, 11) is 1.58. The summed E-state index contributed by atoms with van der Waals surface area (Å²) in [5.41, 5.74) is 6.53. The Bertz CT molecular complexity index is 932. The summed E-state index contributed by atoms with van der Waals surface area (Å²) in [5, 5.41) is 4.66. The van der Waals surface area contributed by atoms with E-state index >= 15 is 0 Å². The summed E-state index contributed by atoms with van der Waals surface area (Å²) in [6.07, 6.45) is 0. The van der Waals surface area contributed by atoms with Crippen LogP contribution in [0, 0.1) is 0 Å². The number of nitrogens with zero attached hydrogens (tertiary/aromatic N) is 1. The molecule has 0 saturated carbocycles. The standard InChI is InChI=1S/C15H14N4O3S/c1-22-9-4-2-3-8(5-9)6-17-14(21)12-18-13(20)11-10(16)7-23-15(11)19-12/h2-5,7H,6,16H2,1H3,(H,17,21)(H,18,19,20). The third-order valence-corrected chi connectivity index (χ3v) is 4.17. The number of hydrogen-bond donors (Lipinski definition) is 3. The van der Waals surface area contributed by atoms with Gasteiger partial charge in [-0.25, -0.2) is 4.98 Å². The lowest BCUT2D eigenvalue weighted by Crippen LogP contribution is -2.27. The Kier molecular flexibility index (Phi) is 3.98. The van der Waals surface area contributed by atoms with Crippen LogP contribution in [0.15, 0.2) is 34.4 Å². The zero-order chi connectivity index (χ0) is 16.4. The average molecular weight is 330 g/mol. The van der Waals surface area contributed by atoms with Gasteiger partial charge in [0.05, 0.1) is 18.2 Å². The molecule has 7 nitrogen and oxygen atoms in total. The van der Waals surface area contributed by atoms with Crippen LogP contribution in [-0.2, 0) is 6.54 Å². The van der Waals surface area contributed by atoms with E-state index in [-0.39, 0.29) is 5.82 Å². The Hall–Kier alpha value is -2.87. The SMILES string of the molecule is COc1cccc(CNC(=O)c2nc3scc(N)c3c(=O)[nH]2)c1. The average Bonchev–Trinajstić information content (AvgIpc) is 2.94. The second kappa shape index (κ2) is 6.09. The molecular formula is C15H14N4O3S. The van der Waals surface area contributed by atoms with Crippen LogP contribution in [0.1, 0.15) is 16.2 Å². The van der Waals surface area contributed by atoms with E-state index in [9.17, 15) is 9.59 Å². The lowest BCUT2D eigenvalue weighted by Gasteiger charge is -2.06. The van der Waals surface area contributed by atoms with E-state index in [2.05, 4.69) is 15.3 Å². The fourth-order valence-corrected chi connectivity index (χ4v) is 2.96. The number of amides is 1. The maximum absolute atomic E-state index is 12.2. The Morgan fingerprint density at radius 1 is 1.48 bits per heavy atom. The van der Waals surface area contributed by atoms with E-state index in [1.807, 2.05) is 24.3 Å². The molecule has 23 heavy (non-hydrogen) atoms. The first-order chi connectivity index (χ1) is 11.1. The number of carbonyl (C=O) groups excluding carboxylic acids is 1. The molecule has 4 N–H and O–H groups in total. The van der Waals surface area contributed by atoms with Crippen LogP contribution in [0.5, 0.6) is 5.75 Å². The number of thiophene rings is 1. The normalized spacial score (nSPS) is 10.7. The van der Waals surface area contributed by atoms with Crippen molar-refractivity contribution in [1.29, 1.82) is 0 Å². The highest BCUT2D eigenvalue weighted by molar-refractivity contribution is 7.17. The molecule has 1 aromatic carbocycles. The number of ether oxygens (including phenoxy) is 1. The molecule has 8 heteroatoms. The molecule has 0 saturated heterocycles. The van der Waals surface area contributed by atoms with Crippen LogP contribution in [0.3, 0.4) is 0 Å². The molecule has 3 rings (SSSR count). The minimum Gasteiger partial charge on any atom is -0.497 e. The van der Waals surface area contributed by atoms with Crippen LogP contribution in [0.2, 0.25) is 0 Å². The van der Waals surface area contributed by atoms with Crippen molar-refractivity contribution < 1.29 is 9.53 Å². The van der Waals surface area contributed by atoms with Crippen molar-refractivity contribution in [3.8, 4) is 5.75 Å². The van der Waals surface area contributed by atoms with Gasteiger partial charge in [-0.05, 0) is 17.7 Å². The van der Waals surface area contributed by atoms with E-state index in [1.54, 1.807) is 12.5 Å². The molecular weight excluding hydrogens is 316 g/mol. The predicted molar refractivity (Wildman–Crippen MR) is 88.8 cm³/mol. The van der Waals surface area contributed by atoms with Gasteiger partial charge in [0, 0.05) is 11.9 Å². The van der Waals surface area contributed by atoms with Gasteiger partial charge in [-0.3, -0.25) is 9.59 Å². The van der Waals surface area contributed by atoms with Gasteiger partial charge in [0.25, 0.3) is 11.5 Å². The molecule has 2 aromatic heterocycles. The van der Waals surface area contributed by atoms with Crippen LogP contribution in [0.25, 0.3) is 10.2 Å². The van der Waals surface area contributed by atoms with Crippen molar-refractivity contribution in [2.45, 2.75) is 6.54 Å². The van der Waals surface area contributed by atoms with Crippen molar-refractivity contribution in [1.82, 2.24) is 15.3 Å². The van der Waals surface area contributed by atoms with E-state index in [0.29, 0.717) is 28.2 Å². The number of aromatic nitrogens is 2. The van der Waals surface area contributed by atoms with Crippen LogP contribution < -0.4 is 21.3 Å². The second-order valence-electron chi connectivity index (χ2n) is 4.82. The smallest absolute Gasteiger partial charge is 0.287 e. The molecule has 0 spiro atoms. The highest BCUT2D eigenvalue weighted by Gasteiger charge is 2.14. The number of nitrogens with two attached hydrogens (primary N) is 1. The molecule has 0 aliphatic carbocycles. The third kappa shape index (κ3) is 3.02. The van der Waals surface area contributed by atoms with Gasteiger partial charge < -0.3 is 20.8 Å². The number of rotatable bonds is 4. The van der Waals surface area contributed by atoms with E-state index in [1.165, 1.54) is 11.3 Å². The second-order valence-corrected chi connectivity index (χ2v) is 5.68. The van der Waals surface area contributed by atoms with Crippen LogP contribution >= 0.6 is 11.3 Å². The molecule has 0 atom stereocenters. The molecule has 1 amide bonds. The number of aromatic amines is 1. The molecule has 2 heterocycles. The maximum Gasteiger partial charge on any atom is 0.287 e. The Morgan fingerprint density at radius 2 is 2.30 bits per heavy atom. The van der Waals surface area contributed by atoms with Gasteiger partial charge in [0.1, 0.15) is 10.6 Å². The van der Waals surface area contributed by atoms with E-state index in [4.69, 9.17) is 10.5 Å². The molecule has 0 aliphatic rings. The Morgan fingerprint density at radius 3 is 3.09 bits per heavy atom. The fraction of sp³-hybridized carbons (Fsp3) is 0.133. The lowest BCUT2D eigenvalue weighted by molar-refractivity contribution is 0.0940. The maximum atomic E-state index is 12.2. The molecule has 3 aromatic rings. The number of carbonyl (C=O) groups is 1. The third-order valence-electron chi connectivity index (χ3n) is 3.27. The molecule has 0 fully saturated rings. The molecule has 0 bridgehead atoms. The number of nitrogens with one attached hydrogen (secondary N) is 2. The van der Waals surface area contributed by atoms with Gasteiger partial charge in [0.15, 0.2) is 0 Å². The molecule has 0 unspecified atom stereocenters. The largest absolute Gasteiger partial charge is 0.497 e. The number of fused-ring (bicyclic) bond motifs is 1. The molecule has 0 aliphatic heterocycles. The van der Waals surface area contributed by atoms with Crippen molar-refractivity contribution in [3.05, 3.63) is 51.4 Å².